The monoisotopic (exact) mass is 406 g/mol. The Balaban J connectivity index is 0.00000392. The molecule has 6 heteroatoms. The molecule has 0 aliphatic rings. The molecule has 0 saturated heterocycles. The van der Waals surface area contributed by atoms with E-state index in [1.54, 1.807) is 0 Å². The third-order valence-electron chi connectivity index (χ3n) is 4.38. The lowest BCUT2D eigenvalue weighted by atomic mass is 10.0. The van der Waals surface area contributed by atoms with Crippen LogP contribution in [0.25, 0.3) is 0 Å². The van der Waals surface area contributed by atoms with Crippen LogP contribution in [0.3, 0.4) is 0 Å². The molecular weight excluding hydrogens is 376 g/mol. The van der Waals surface area contributed by atoms with E-state index >= 15 is 0 Å². The second kappa shape index (κ2) is 11.6. The molecule has 154 valence electrons. The van der Waals surface area contributed by atoms with Gasteiger partial charge in [-0.15, -0.1) is 12.4 Å². The van der Waals surface area contributed by atoms with Crippen molar-refractivity contribution < 1.29 is 14.3 Å². The van der Waals surface area contributed by atoms with Gasteiger partial charge in [0.2, 0.25) is 0 Å². The van der Waals surface area contributed by atoms with E-state index in [4.69, 9.17) is 9.47 Å². The van der Waals surface area contributed by atoms with Gasteiger partial charge in [0.15, 0.2) is 18.1 Å². The molecule has 0 saturated carbocycles. The Labute approximate surface area is 174 Å². The molecule has 0 atom stereocenters. The van der Waals surface area contributed by atoms with Gasteiger partial charge in [-0.3, -0.25) is 4.79 Å². The van der Waals surface area contributed by atoms with Crippen molar-refractivity contribution in [3.05, 3.63) is 54.1 Å². The van der Waals surface area contributed by atoms with Crippen molar-refractivity contribution in [2.75, 3.05) is 18.5 Å². The molecule has 0 unspecified atom stereocenters. The van der Waals surface area contributed by atoms with Gasteiger partial charge in [-0.2, -0.15) is 0 Å². The van der Waals surface area contributed by atoms with Crippen molar-refractivity contribution in [3.8, 4) is 11.5 Å². The Morgan fingerprint density at radius 1 is 1.00 bits per heavy atom. The van der Waals surface area contributed by atoms with E-state index in [9.17, 15) is 4.79 Å². The normalized spacial score (nSPS) is 10.7. The molecule has 1 amide bonds. The summed E-state index contributed by atoms with van der Waals surface area (Å²) in [4.78, 5) is 12.1. The molecule has 0 fully saturated rings. The van der Waals surface area contributed by atoms with Gasteiger partial charge in [-0.1, -0.05) is 31.2 Å². The Bertz CT molecular complexity index is 736. The molecule has 2 rings (SSSR count). The molecule has 0 aromatic heterocycles. The standard InChI is InChI=1S/C22H30N2O3.ClH/c1-5-22(3,4)23-15-17-12-13-19(20(14-17)26-6-2)27-16-21(25)24-18-10-8-7-9-11-18;/h7-14,23H,5-6,15-16H2,1-4H3,(H,24,25);1H. The highest BCUT2D eigenvalue weighted by molar-refractivity contribution is 5.91. The van der Waals surface area contributed by atoms with E-state index < -0.39 is 0 Å². The molecule has 2 N–H and O–H groups in total. The first-order chi connectivity index (χ1) is 12.9. The first-order valence-electron chi connectivity index (χ1n) is 9.42. The van der Waals surface area contributed by atoms with E-state index in [0.29, 0.717) is 18.1 Å². The summed E-state index contributed by atoms with van der Waals surface area (Å²) in [5.74, 6) is 1.01. The number of nitrogens with one attached hydrogen (secondary N) is 2. The maximum Gasteiger partial charge on any atom is 0.262 e. The van der Waals surface area contributed by atoms with Gasteiger partial charge in [-0.05, 0) is 57.0 Å². The number of carbonyl (C=O) groups excluding carboxylic acids is 1. The van der Waals surface area contributed by atoms with E-state index in [-0.39, 0.29) is 30.5 Å². The quantitative estimate of drug-likeness (QED) is 0.594. The minimum absolute atomic E-state index is 0. The van der Waals surface area contributed by atoms with Gasteiger partial charge in [0.1, 0.15) is 0 Å². The second-order valence-corrected chi connectivity index (χ2v) is 7.01. The molecule has 5 nitrogen and oxygen atoms in total. The highest BCUT2D eigenvalue weighted by atomic mass is 35.5. The van der Waals surface area contributed by atoms with Crippen LogP contribution in [0.4, 0.5) is 5.69 Å². The van der Waals surface area contributed by atoms with Crippen LogP contribution in [0, 0.1) is 0 Å². The fourth-order valence-electron chi connectivity index (χ4n) is 2.38. The zero-order valence-electron chi connectivity index (χ0n) is 17.1. The lowest BCUT2D eigenvalue weighted by Gasteiger charge is -2.25. The second-order valence-electron chi connectivity index (χ2n) is 7.01. The summed E-state index contributed by atoms with van der Waals surface area (Å²) in [5, 5.41) is 6.33. The van der Waals surface area contributed by atoms with Crippen LogP contribution in [-0.4, -0.2) is 24.7 Å². The van der Waals surface area contributed by atoms with Crippen LogP contribution in [-0.2, 0) is 11.3 Å². The molecule has 28 heavy (non-hydrogen) atoms. The SMILES string of the molecule is CCOc1cc(CNC(C)(C)CC)ccc1OCC(=O)Nc1ccccc1.Cl. The zero-order valence-corrected chi connectivity index (χ0v) is 17.9. The van der Waals surface area contributed by atoms with Crippen LogP contribution in [0.15, 0.2) is 48.5 Å². The summed E-state index contributed by atoms with van der Waals surface area (Å²) in [6.07, 6.45) is 1.04. The summed E-state index contributed by atoms with van der Waals surface area (Å²) < 4.78 is 11.4. The summed E-state index contributed by atoms with van der Waals surface area (Å²) in [7, 11) is 0. The highest BCUT2D eigenvalue weighted by Gasteiger charge is 2.15. The zero-order chi connectivity index (χ0) is 19.7. The van der Waals surface area contributed by atoms with Crippen LogP contribution in [0.5, 0.6) is 11.5 Å². The van der Waals surface area contributed by atoms with Gasteiger partial charge in [0.25, 0.3) is 5.91 Å². The fourth-order valence-corrected chi connectivity index (χ4v) is 2.38. The number of ether oxygens (including phenoxy) is 2. The number of halogens is 1. The summed E-state index contributed by atoms with van der Waals surface area (Å²) in [6.45, 7) is 9.65. The van der Waals surface area contributed by atoms with Crippen molar-refractivity contribution in [2.45, 2.75) is 46.2 Å². The lowest BCUT2D eigenvalue weighted by Crippen LogP contribution is -2.37. The van der Waals surface area contributed by atoms with Crippen LogP contribution in [0.2, 0.25) is 0 Å². The Morgan fingerprint density at radius 3 is 2.36 bits per heavy atom. The van der Waals surface area contributed by atoms with E-state index in [0.717, 1.165) is 24.2 Å². The molecule has 0 heterocycles. The van der Waals surface area contributed by atoms with Gasteiger partial charge in [0, 0.05) is 17.8 Å². The molecule has 0 radical (unpaired) electrons. The predicted octanol–water partition coefficient (Wildman–Crippen LogP) is 4.80. The molecule has 2 aromatic rings. The molecule has 2 aromatic carbocycles. The first kappa shape index (κ1) is 23.8. The van der Waals surface area contributed by atoms with Crippen molar-refractivity contribution >= 4 is 24.0 Å². The van der Waals surface area contributed by atoms with E-state index in [1.807, 2.05) is 55.5 Å². The average Bonchev–Trinajstić information content (AvgIpc) is 2.67. The number of hydrogen-bond acceptors (Lipinski definition) is 4. The minimum Gasteiger partial charge on any atom is -0.490 e. The molecule has 0 spiro atoms. The molecule has 0 aliphatic carbocycles. The van der Waals surface area contributed by atoms with Gasteiger partial charge in [-0.25, -0.2) is 0 Å². The Hall–Kier alpha value is -2.24. The average molecular weight is 407 g/mol. The number of carbonyl (C=O) groups is 1. The first-order valence-corrected chi connectivity index (χ1v) is 9.42. The largest absolute Gasteiger partial charge is 0.490 e. The lowest BCUT2D eigenvalue weighted by molar-refractivity contribution is -0.118. The third kappa shape index (κ3) is 7.79. The summed E-state index contributed by atoms with van der Waals surface area (Å²) in [5.41, 5.74) is 1.94. The number of rotatable bonds is 10. The topological polar surface area (TPSA) is 59.6 Å². The van der Waals surface area contributed by atoms with E-state index in [2.05, 4.69) is 31.4 Å². The highest BCUT2D eigenvalue weighted by Crippen LogP contribution is 2.29. The molecular formula is C22H31ClN2O3. The Morgan fingerprint density at radius 2 is 1.71 bits per heavy atom. The number of para-hydroxylation sites is 1. The van der Waals surface area contributed by atoms with Crippen molar-refractivity contribution in [1.82, 2.24) is 5.32 Å². The van der Waals surface area contributed by atoms with Crippen molar-refractivity contribution in [1.29, 1.82) is 0 Å². The van der Waals surface area contributed by atoms with Crippen LogP contribution < -0.4 is 20.1 Å². The number of amides is 1. The maximum atomic E-state index is 12.1. The predicted molar refractivity (Wildman–Crippen MR) is 117 cm³/mol. The minimum atomic E-state index is -0.209. The number of hydrogen-bond donors (Lipinski definition) is 2. The fraction of sp³-hybridized carbons (Fsp3) is 0.409. The summed E-state index contributed by atoms with van der Waals surface area (Å²) >= 11 is 0. The van der Waals surface area contributed by atoms with Gasteiger partial charge in [0.05, 0.1) is 6.61 Å². The molecule has 0 aliphatic heterocycles. The third-order valence-corrected chi connectivity index (χ3v) is 4.38. The summed E-state index contributed by atoms with van der Waals surface area (Å²) in [6, 6.07) is 15.1. The maximum absolute atomic E-state index is 12.1. The van der Waals surface area contributed by atoms with Crippen LogP contribution >= 0.6 is 12.4 Å². The number of anilines is 1. The Kier molecular flexibility index (Phi) is 9.83. The van der Waals surface area contributed by atoms with Gasteiger partial charge >= 0.3 is 0 Å². The van der Waals surface area contributed by atoms with Crippen molar-refractivity contribution in [3.63, 3.8) is 0 Å². The number of benzene rings is 2. The smallest absolute Gasteiger partial charge is 0.262 e. The van der Waals surface area contributed by atoms with Crippen LogP contribution in [0.1, 0.15) is 39.7 Å². The molecule has 0 bridgehead atoms. The van der Waals surface area contributed by atoms with E-state index in [1.165, 1.54) is 0 Å². The van der Waals surface area contributed by atoms with Gasteiger partial charge < -0.3 is 20.1 Å². The van der Waals surface area contributed by atoms with Crippen molar-refractivity contribution in [2.24, 2.45) is 0 Å².